The lowest BCUT2D eigenvalue weighted by atomic mass is 9.97. The summed E-state index contributed by atoms with van der Waals surface area (Å²) in [4.78, 5) is 16.2. The van der Waals surface area contributed by atoms with Crippen LogP contribution in [0.4, 0.5) is 0 Å². The summed E-state index contributed by atoms with van der Waals surface area (Å²) in [6, 6.07) is 4.73. The van der Waals surface area contributed by atoms with Crippen LogP contribution in [0.1, 0.15) is 42.5 Å². The van der Waals surface area contributed by atoms with Gasteiger partial charge in [-0.15, -0.1) is 11.3 Å². The van der Waals surface area contributed by atoms with Crippen molar-refractivity contribution in [2.24, 2.45) is 7.05 Å². The standard InChI is InChI=1S/C18H25N3OS/c1-20-14-15(13-19-20)7-10-18(22)21-11-3-2-5-16(21)8-9-17-6-4-12-23-17/h4,6,12-14,16H,2-3,5,7-11H2,1H3/t16-/m0/s1. The molecule has 0 N–H and O–H groups in total. The molecule has 0 bridgehead atoms. The molecule has 5 heteroatoms. The third-order valence-corrected chi connectivity index (χ3v) is 5.57. The number of rotatable bonds is 6. The number of carbonyl (C=O) groups excluding carboxylic acids is 1. The number of nitrogens with zero attached hydrogens (tertiary/aromatic N) is 3. The van der Waals surface area contributed by atoms with Crippen molar-refractivity contribution < 1.29 is 4.79 Å². The molecule has 1 saturated heterocycles. The Morgan fingerprint density at radius 1 is 1.39 bits per heavy atom. The first kappa shape index (κ1) is 16.2. The number of hydrogen-bond donors (Lipinski definition) is 0. The zero-order valence-electron chi connectivity index (χ0n) is 13.8. The van der Waals surface area contributed by atoms with Gasteiger partial charge in [0, 0.05) is 37.1 Å². The predicted molar refractivity (Wildman–Crippen MR) is 93.5 cm³/mol. The van der Waals surface area contributed by atoms with E-state index in [-0.39, 0.29) is 0 Å². The summed E-state index contributed by atoms with van der Waals surface area (Å²) in [5, 5.41) is 6.30. The summed E-state index contributed by atoms with van der Waals surface area (Å²) in [5.74, 6) is 0.310. The third-order valence-electron chi connectivity index (χ3n) is 4.64. The molecule has 1 atom stereocenters. The van der Waals surface area contributed by atoms with Gasteiger partial charge in [-0.1, -0.05) is 6.07 Å². The van der Waals surface area contributed by atoms with E-state index in [1.807, 2.05) is 30.8 Å². The van der Waals surface area contributed by atoms with Gasteiger partial charge in [-0.05, 0) is 55.5 Å². The number of thiophene rings is 1. The second kappa shape index (κ2) is 7.77. The van der Waals surface area contributed by atoms with Crippen LogP contribution in [0.15, 0.2) is 29.9 Å². The van der Waals surface area contributed by atoms with Crippen LogP contribution >= 0.6 is 11.3 Å². The van der Waals surface area contributed by atoms with Gasteiger partial charge in [0.15, 0.2) is 0 Å². The first-order chi connectivity index (χ1) is 11.2. The number of hydrogen-bond acceptors (Lipinski definition) is 3. The highest BCUT2D eigenvalue weighted by Gasteiger charge is 2.26. The first-order valence-corrected chi connectivity index (χ1v) is 9.40. The van der Waals surface area contributed by atoms with E-state index in [0.29, 0.717) is 18.4 Å². The van der Waals surface area contributed by atoms with Crippen molar-refractivity contribution in [1.29, 1.82) is 0 Å². The molecule has 2 aromatic heterocycles. The molecule has 1 fully saturated rings. The Morgan fingerprint density at radius 3 is 3.04 bits per heavy atom. The molecule has 1 aliphatic heterocycles. The van der Waals surface area contributed by atoms with Crippen molar-refractivity contribution in [3.05, 3.63) is 40.3 Å². The van der Waals surface area contributed by atoms with Crippen molar-refractivity contribution in [3.8, 4) is 0 Å². The Balaban J connectivity index is 1.53. The van der Waals surface area contributed by atoms with Gasteiger partial charge < -0.3 is 4.90 Å². The topological polar surface area (TPSA) is 38.1 Å². The molecule has 1 aliphatic rings. The van der Waals surface area contributed by atoms with Crippen molar-refractivity contribution >= 4 is 17.2 Å². The van der Waals surface area contributed by atoms with Gasteiger partial charge in [0.25, 0.3) is 0 Å². The fraction of sp³-hybridized carbons (Fsp3) is 0.556. The van der Waals surface area contributed by atoms with Gasteiger partial charge in [0.1, 0.15) is 0 Å². The molecular weight excluding hydrogens is 306 g/mol. The van der Waals surface area contributed by atoms with Crippen molar-refractivity contribution in [1.82, 2.24) is 14.7 Å². The zero-order chi connectivity index (χ0) is 16.1. The molecule has 0 spiro atoms. The number of piperidine rings is 1. The number of amides is 1. The normalized spacial score (nSPS) is 18.3. The molecule has 3 heterocycles. The lowest BCUT2D eigenvalue weighted by Gasteiger charge is -2.36. The van der Waals surface area contributed by atoms with Gasteiger partial charge in [0.2, 0.25) is 5.91 Å². The fourth-order valence-electron chi connectivity index (χ4n) is 3.39. The Bertz CT molecular complexity index is 620. The monoisotopic (exact) mass is 331 g/mol. The van der Waals surface area contributed by atoms with Crippen LogP contribution < -0.4 is 0 Å². The summed E-state index contributed by atoms with van der Waals surface area (Å²) in [6.07, 6.45) is 11.0. The summed E-state index contributed by atoms with van der Waals surface area (Å²) >= 11 is 1.82. The van der Waals surface area contributed by atoms with Crippen molar-refractivity contribution in [3.63, 3.8) is 0 Å². The molecule has 2 aromatic rings. The minimum absolute atomic E-state index is 0.310. The Labute approximate surface area is 142 Å². The Morgan fingerprint density at radius 2 is 2.30 bits per heavy atom. The Hall–Kier alpha value is -1.62. The maximum atomic E-state index is 12.7. The molecule has 4 nitrogen and oxygen atoms in total. The van der Waals surface area contributed by atoms with Gasteiger partial charge in [-0.3, -0.25) is 9.48 Å². The quantitative estimate of drug-likeness (QED) is 0.813. The second-order valence-electron chi connectivity index (χ2n) is 6.38. The molecule has 0 aliphatic carbocycles. The molecule has 0 unspecified atom stereocenters. The highest BCUT2D eigenvalue weighted by Crippen LogP contribution is 2.23. The van der Waals surface area contributed by atoms with Crippen LogP contribution in [0.2, 0.25) is 0 Å². The van der Waals surface area contributed by atoms with E-state index >= 15 is 0 Å². The van der Waals surface area contributed by atoms with E-state index in [1.54, 1.807) is 4.68 Å². The van der Waals surface area contributed by atoms with Crippen LogP contribution in [0.3, 0.4) is 0 Å². The highest BCUT2D eigenvalue weighted by atomic mass is 32.1. The van der Waals surface area contributed by atoms with Crippen molar-refractivity contribution in [2.75, 3.05) is 6.54 Å². The Kier molecular flexibility index (Phi) is 5.49. The second-order valence-corrected chi connectivity index (χ2v) is 7.41. The van der Waals surface area contributed by atoms with Crippen LogP contribution in [0, 0.1) is 0 Å². The van der Waals surface area contributed by atoms with Crippen LogP contribution in [-0.4, -0.2) is 33.2 Å². The largest absolute Gasteiger partial charge is 0.340 e. The maximum absolute atomic E-state index is 12.7. The maximum Gasteiger partial charge on any atom is 0.223 e. The lowest BCUT2D eigenvalue weighted by Crippen LogP contribution is -2.44. The van der Waals surface area contributed by atoms with E-state index in [1.165, 1.54) is 11.3 Å². The number of aryl methyl sites for hydroxylation is 3. The van der Waals surface area contributed by atoms with Crippen LogP contribution in [0.5, 0.6) is 0 Å². The van der Waals surface area contributed by atoms with Gasteiger partial charge >= 0.3 is 0 Å². The summed E-state index contributed by atoms with van der Waals surface area (Å²) < 4.78 is 1.80. The number of likely N-dealkylation sites (tertiary alicyclic amines) is 1. The van der Waals surface area contributed by atoms with Gasteiger partial charge in [-0.25, -0.2) is 0 Å². The fourth-order valence-corrected chi connectivity index (χ4v) is 4.11. The molecule has 1 amide bonds. The molecule has 0 saturated carbocycles. The van der Waals surface area contributed by atoms with E-state index < -0.39 is 0 Å². The summed E-state index contributed by atoms with van der Waals surface area (Å²) in [7, 11) is 1.91. The van der Waals surface area contributed by atoms with Crippen LogP contribution in [0.25, 0.3) is 0 Å². The predicted octanol–water partition coefficient (Wildman–Crippen LogP) is 3.43. The van der Waals surface area contributed by atoms with Crippen molar-refractivity contribution in [2.45, 2.75) is 51.0 Å². The average Bonchev–Trinajstić information content (AvgIpc) is 3.22. The molecule has 23 heavy (non-hydrogen) atoms. The smallest absolute Gasteiger partial charge is 0.223 e. The van der Waals surface area contributed by atoms with E-state index in [9.17, 15) is 4.79 Å². The highest BCUT2D eigenvalue weighted by molar-refractivity contribution is 7.09. The molecule has 0 aromatic carbocycles. The van der Waals surface area contributed by atoms with E-state index in [4.69, 9.17) is 0 Å². The third kappa shape index (κ3) is 4.44. The minimum atomic E-state index is 0.310. The zero-order valence-corrected chi connectivity index (χ0v) is 14.6. The summed E-state index contributed by atoms with van der Waals surface area (Å²) in [5.41, 5.74) is 1.15. The average molecular weight is 331 g/mol. The van der Waals surface area contributed by atoms with Gasteiger partial charge in [-0.2, -0.15) is 5.10 Å². The number of carbonyl (C=O) groups is 1. The minimum Gasteiger partial charge on any atom is -0.340 e. The summed E-state index contributed by atoms with van der Waals surface area (Å²) in [6.45, 7) is 0.932. The molecule has 124 valence electrons. The lowest BCUT2D eigenvalue weighted by molar-refractivity contribution is -0.135. The first-order valence-electron chi connectivity index (χ1n) is 8.52. The van der Waals surface area contributed by atoms with Crippen LogP contribution in [-0.2, 0) is 24.7 Å². The van der Waals surface area contributed by atoms with E-state index in [0.717, 1.165) is 44.2 Å². The molecule has 3 rings (SSSR count). The van der Waals surface area contributed by atoms with E-state index in [2.05, 4.69) is 27.5 Å². The number of aromatic nitrogens is 2. The van der Waals surface area contributed by atoms with Gasteiger partial charge in [0.05, 0.1) is 6.20 Å². The molecular formula is C18H25N3OS. The molecule has 0 radical (unpaired) electrons. The SMILES string of the molecule is Cn1cc(CCC(=O)N2CCCC[C@H]2CCc2cccs2)cn1.